The fraction of sp³-hybridized carbons (Fsp3) is 1.00. The summed E-state index contributed by atoms with van der Waals surface area (Å²) in [5, 5.41) is 3.72. The average molecular weight is 267 g/mol. The second-order valence-electron chi connectivity index (χ2n) is 6.75. The van der Waals surface area contributed by atoms with Crippen LogP contribution in [-0.4, -0.2) is 38.0 Å². The second-order valence-corrected chi connectivity index (χ2v) is 6.75. The number of hydrogen-bond acceptors (Lipinski definition) is 3. The van der Waals surface area contributed by atoms with Crippen molar-refractivity contribution in [1.29, 1.82) is 0 Å². The molecule has 1 saturated heterocycles. The van der Waals surface area contributed by atoms with Crippen LogP contribution in [0.3, 0.4) is 0 Å². The van der Waals surface area contributed by atoms with E-state index in [1.165, 1.54) is 51.4 Å². The van der Waals surface area contributed by atoms with Crippen molar-refractivity contribution in [3.63, 3.8) is 0 Å². The zero-order valence-electron chi connectivity index (χ0n) is 12.2. The Morgan fingerprint density at radius 2 is 2.00 bits per heavy atom. The molecule has 1 aliphatic heterocycles. The Morgan fingerprint density at radius 3 is 2.79 bits per heavy atom. The van der Waals surface area contributed by atoms with Crippen LogP contribution in [0.25, 0.3) is 0 Å². The van der Waals surface area contributed by atoms with Gasteiger partial charge >= 0.3 is 0 Å². The first kappa shape index (κ1) is 13.8. The molecule has 3 heteroatoms. The van der Waals surface area contributed by atoms with Gasteiger partial charge in [0.1, 0.15) is 0 Å². The Morgan fingerprint density at radius 1 is 1.16 bits per heavy atom. The number of ether oxygens (including phenoxy) is 2. The predicted molar refractivity (Wildman–Crippen MR) is 76.3 cm³/mol. The Hall–Kier alpha value is -0.120. The lowest BCUT2D eigenvalue weighted by atomic mass is 9.89. The van der Waals surface area contributed by atoms with Crippen molar-refractivity contribution in [3.8, 4) is 0 Å². The van der Waals surface area contributed by atoms with Crippen LogP contribution in [-0.2, 0) is 9.47 Å². The van der Waals surface area contributed by atoms with Gasteiger partial charge in [-0.3, -0.25) is 0 Å². The summed E-state index contributed by atoms with van der Waals surface area (Å²) < 4.78 is 11.7. The van der Waals surface area contributed by atoms with Crippen molar-refractivity contribution < 1.29 is 9.47 Å². The first-order valence-corrected chi connectivity index (χ1v) is 8.31. The largest absolute Gasteiger partial charge is 0.381 e. The van der Waals surface area contributed by atoms with Crippen LogP contribution in [0, 0.1) is 5.92 Å². The van der Waals surface area contributed by atoms with Crippen molar-refractivity contribution in [2.24, 2.45) is 5.92 Å². The monoisotopic (exact) mass is 267 g/mol. The van der Waals surface area contributed by atoms with E-state index in [4.69, 9.17) is 9.47 Å². The van der Waals surface area contributed by atoms with E-state index < -0.39 is 0 Å². The maximum atomic E-state index is 6.07. The lowest BCUT2D eigenvalue weighted by Gasteiger charge is -2.38. The maximum absolute atomic E-state index is 6.07. The molecule has 1 heterocycles. The molecule has 0 amide bonds. The predicted octanol–water partition coefficient (Wildman–Crippen LogP) is 2.88. The molecule has 1 atom stereocenters. The van der Waals surface area contributed by atoms with E-state index in [1.54, 1.807) is 0 Å². The molecule has 19 heavy (non-hydrogen) atoms. The Balaban J connectivity index is 1.26. The van der Waals surface area contributed by atoms with Gasteiger partial charge in [0.2, 0.25) is 0 Å². The summed E-state index contributed by atoms with van der Waals surface area (Å²) in [4.78, 5) is 0. The smallest absolute Gasteiger partial charge is 0.0697 e. The molecule has 0 aromatic rings. The molecule has 1 N–H and O–H groups in total. The van der Waals surface area contributed by atoms with Gasteiger partial charge in [-0.05, 0) is 57.4 Å². The van der Waals surface area contributed by atoms with Crippen molar-refractivity contribution in [3.05, 3.63) is 0 Å². The molecular weight excluding hydrogens is 238 g/mol. The molecule has 0 aromatic heterocycles. The Labute approximate surface area is 117 Å². The highest BCUT2D eigenvalue weighted by Gasteiger charge is 2.39. The molecule has 0 bridgehead atoms. The molecule has 0 radical (unpaired) electrons. The number of nitrogens with one attached hydrogen (secondary N) is 1. The van der Waals surface area contributed by atoms with Crippen molar-refractivity contribution >= 4 is 0 Å². The highest BCUT2D eigenvalue weighted by Crippen LogP contribution is 2.39. The van der Waals surface area contributed by atoms with Gasteiger partial charge < -0.3 is 14.8 Å². The topological polar surface area (TPSA) is 30.5 Å². The Bertz CT molecular complexity index is 272. The third-order valence-electron chi connectivity index (χ3n) is 4.96. The van der Waals surface area contributed by atoms with Crippen LogP contribution in [0.5, 0.6) is 0 Å². The molecule has 1 unspecified atom stereocenters. The van der Waals surface area contributed by atoms with E-state index in [0.29, 0.717) is 6.04 Å². The highest BCUT2D eigenvalue weighted by molar-refractivity contribution is 4.93. The molecule has 3 aliphatic rings. The maximum Gasteiger partial charge on any atom is 0.0697 e. The fourth-order valence-corrected chi connectivity index (χ4v) is 3.58. The first-order valence-electron chi connectivity index (χ1n) is 8.31. The third-order valence-corrected chi connectivity index (χ3v) is 4.96. The van der Waals surface area contributed by atoms with Gasteiger partial charge in [-0.1, -0.05) is 12.8 Å². The average Bonchev–Trinajstić information content (AvgIpc) is 3.15. The molecule has 1 spiro atoms. The standard InChI is InChI=1S/C16H29NO2/c1-2-8-16(7-1)12-15(6-11-19-16)17-9-3-10-18-13-14-4-5-14/h14-15,17H,1-13H2. The van der Waals surface area contributed by atoms with Crippen LogP contribution >= 0.6 is 0 Å². The van der Waals surface area contributed by atoms with E-state index in [0.717, 1.165) is 38.7 Å². The molecular formula is C16H29NO2. The molecule has 2 aliphatic carbocycles. The summed E-state index contributed by atoms with van der Waals surface area (Å²) in [5.41, 5.74) is 0.248. The van der Waals surface area contributed by atoms with Gasteiger partial charge in [0.05, 0.1) is 5.60 Å². The van der Waals surface area contributed by atoms with E-state index in [2.05, 4.69) is 5.32 Å². The lowest BCUT2D eigenvalue weighted by molar-refractivity contribution is -0.0836. The normalized spacial score (nSPS) is 30.0. The van der Waals surface area contributed by atoms with Gasteiger partial charge in [0, 0.05) is 25.9 Å². The molecule has 3 nitrogen and oxygen atoms in total. The minimum atomic E-state index is 0.248. The Kier molecular flexibility index (Phi) is 4.78. The SMILES string of the molecule is C(CNC1CCOC2(CCCC2)C1)COCC1CC1. The van der Waals surface area contributed by atoms with E-state index in [-0.39, 0.29) is 5.60 Å². The summed E-state index contributed by atoms with van der Waals surface area (Å²) in [6.07, 6.45) is 11.7. The fourth-order valence-electron chi connectivity index (χ4n) is 3.58. The first-order chi connectivity index (χ1) is 9.36. The van der Waals surface area contributed by atoms with E-state index >= 15 is 0 Å². The van der Waals surface area contributed by atoms with Gasteiger partial charge in [-0.25, -0.2) is 0 Å². The minimum absolute atomic E-state index is 0.248. The molecule has 3 rings (SSSR count). The van der Waals surface area contributed by atoms with Gasteiger partial charge in [-0.2, -0.15) is 0 Å². The van der Waals surface area contributed by atoms with Gasteiger partial charge in [-0.15, -0.1) is 0 Å². The summed E-state index contributed by atoms with van der Waals surface area (Å²) in [6, 6.07) is 0.676. The van der Waals surface area contributed by atoms with Crippen LogP contribution in [0.4, 0.5) is 0 Å². The van der Waals surface area contributed by atoms with Crippen LogP contribution in [0.2, 0.25) is 0 Å². The van der Waals surface area contributed by atoms with Crippen LogP contribution in [0.15, 0.2) is 0 Å². The summed E-state index contributed by atoms with van der Waals surface area (Å²) >= 11 is 0. The van der Waals surface area contributed by atoms with E-state index in [1.807, 2.05) is 0 Å². The number of hydrogen-bond donors (Lipinski definition) is 1. The quantitative estimate of drug-likeness (QED) is 0.720. The van der Waals surface area contributed by atoms with Crippen molar-refractivity contribution in [2.45, 2.75) is 69.4 Å². The third kappa shape index (κ3) is 4.17. The zero-order chi connectivity index (χ0) is 13.0. The second kappa shape index (κ2) is 6.55. The molecule has 2 saturated carbocycles. The highest BCUT2D eigenvalue weighted by atomic mass is 16.5. The summed E-state index contributed by atoms with van der Waals surface area (Å²) in [7, 11) is 0. The zero-order valence-corrected chi connectivity index (χ0v) is 12.2. The minimum Gasteiger partial charge on any atom is -0.381 e. The van der Waals surface area contributed by atoms with Crippen molar-refractivity contribution in [1.82, 2.24) is 5.32 Å². The van der Waals surface area contributed by atoms with Crippen LogP contribution < -0.4 is 5.32 Å². The van der Waals surface area contributed by atoms with Crippen LogP contribution in [0.1, 0.15) is 57.8 Å². The lowest BCUT2D eigenvalue weighted by Crippen LogP contribution is -2.45. The van der Waals surface area contributed by atoms with Crippen molar-refractivity contribution in [2.75, 3.05) is 26.4 Å². The van der Waals surface area contributed by atoms with E-state index in [9.17, 15) is 0 Å². The van der Waals surface area contributed by atoms with Gasteiger partial charge in [0.15, 0.2) is 0 Å². The van der Waals surface area contributed by atoms with Gasteiger partial charge in [0.25, 0.3) is 0 Å². The molecule has 110 valence electrons. The number of rotatable bonds is 7. The molecule has 3 fully saturated rings. The molecule has 0 aromatic carbocycles. The summed E-state index contributed by atoms with van der Waals surface area (Å²) in [5.74, 6) is 0.894. The summed E-state index contributed by atoms with van der Waals surface area (Å²) in [6.45, 7) is 3.99.